The fourth-order valence-corrected chi connectivity index (χ4v) is 4.99. The lowest BCUT2D eigenvalue weighted by Crippen LogP contribution is -2.60. The molecule has 0 saturated heterocycles. The molecule has 7 atom stereocenters. The van der Waals surface area contributed by atoms with Gasteiger partial charge in [0.05, 0.1) is 19.1 Å². The molecule has 0 radical (unpaired) electrons. The number of aliphatic carboxylic acids is 5. The highest BCUT2D eigenvalue weighted by atomic mass is 16.4. The largest absolute Gasteiger partial charge is 0.481 e. The summed E-state index contributed by atoms with van der Waals surface area (Å²) in [5, 5.41) is 68.4. The highest BCUT2D eigenvalue weighted by molar-refractivity contribution is 5.98. The molecule has 0 aliphatic carbocycles. The van der Waals surface area contributed by atoms with E-state index in [1.54, 1.807) is 13.8 Å². The van der Waals surface area contributed by atoms with Crippen LogP contribution in [0.5, 0.6) is 0 Å². The third-order valence-electron chi connectivity index (χ3n) is 8.02. The summed E-state index contributed by atoms with van der Waals surface area (Å²) in [6, 6.07) is -12.3. The first-order valence-electron chi connectivity index (χ1n) is 17.9. The standard InChI is InChI=1S/C33H52N8O18/c1-14(2)11-15(34)27(52)41-21(13-42)32(57)38-17(4-8-23(44)45)28(53)36-16(3-7-22(35)43)30(55)40-20(12-26(50)51)31(56)37-18(5-9-24(46)47)29(54)39-19(33(58)59)6-10-25(48)49/h14-21,42H,3-13,34H2,1-2H3,(H2,35,43)(H,36,53)(H,37,56)(H,38,57)(H,39,54)(H,40,55)(H,41,52)(H,44,45)(H,46,47)(H,48,49)(H,50,51)(H,58,59). The van der Waals surface area contributed by atoms with Crippen LogP contribution in [0.3, 0.4) is 0 Å². The van der Waals surface area contributed by atoms with Gasteiger partial charge in [-0.3, -0.25) is 52.7 Å². The number of hydrogen-bond donors (Lipinski definition) is 14. The van der Waals surface area contributed by atoms with Crippen molar-refractivity contribution in [3.05, 3.63) is 0 Å². The average Bonchev–Trinajstić information content (AvgIpc) is 3.12. The summed E-state index contributed by atoms with van der Waals surface area (Å²) in [5.74, 6) is -16.2. The van der Waals surface area contributed by atoms with Crippen molar-refractivity contribution in [2.24, 2.45) is 17.4 Å². The monoisotopic (exact) mass is 848 g/mol. The summed E-state index contributed by atoms with van der Waals surface area (Å²) in [4.78, 5) is 147. The van der Waals surface area contributed by atoms with Gasteiger partial charge in [0, 0.05) is 25.7 Å². The lowest BCUT2D eigenvalue weighted by atomic mass is 10.0. The van der Waals surface area contributed by atoms with Crippen LogP contribution in [0.1, 0.15) is 78.1 Å². The van der Waals surface area contributed by atoms with E-state index < -0.39 is 178 Å². The number of carbonyl (C=O) groups excluding carboxylic acids is 7. The van der Waals surface area contributed by atoms with Crippen molar-refractivity contribution in [2.45, 2.75) is 120 Å². The molecule has 59 heavy (non-hydrogen) atoms. The Bertz CT molecular complexity index is 1570. The SMILES string of the molecule is CC(C)CC(N)C(=O)NC(CO)C(=O)NC(CCC(=O)O)C(=O)NC(CCC(N)=O)C(=O)NC(CC(=O)O)C(=O)NC(CCC(=O)O)C(=O)NC(CCC(=O)O)C(=O)O. The van der Waals surface area contributed by atoms with Gasteiger partial charge in [0.1, 0.15) is 36.3 Å². The van der Waals surface area contributed by atoms with E-state index in [0.717, 1.165) is 0 Å². The third kappa shape index (κ3) is 22.2. The number of nitrogens with two attached hydrogens (primary N) is 2. The van der Waals surface area contributed by atoms with Gasteiger partial charge in [0.25, 0.3) is 0 Å². The minimum Gasteiger partial charge on any atom is -0.481 e. The van der Waals surface area contributed by atoms with E-state index in [2.05, 4.69) is 16.0 Å². The Morgan fingerprint density at radius 1 is 0.458 bits per heavy atom. The second-order valence-corrected chi connectivity index (χ2v) is 13.5. The van der Waals surface area contributed by atoms with Gasteiger partial charge in [0.2, 0.25) is 41.4 Å². The molecule has 0 aliphatic heterocycles. The minimum absolute atomic E-state index is 0.0290. The molecule has 0 saturated carbocycles. The van der Waals surface area contributed by atoms with Crippen LogP contribution in [-0.4, -0.2) is 151 Å². The molecular formula is C33H52N8O18. The van der Waals surface area contributed by atoms with Crippen LogP contribution in [-0.2, 0) is 57.5 Å². The van der Waals surface area contributed by atoms with Gasteiger partial charge in [-0.25, -0.2) is 4.79 Å². The quantitative estimate of drug-likeness (QED) is 0.0321. The molecule has 7 unspecified atom stereocenters. The Balaban J connectivity index is 6.45. The summed E-state index contributed by atoms with van der Waals surface area (Å²) in [6.45, 7) is 2.54. The van der Waals surface area contributed by atoms with E-state index in [9.17, 15) is 78.0 Å². The highest BCUT2D eigenvalue weighted by Gasteiger charge is 2.35. The van der Waals surface area contributed by atoms with Crippen molar-refractivity contribution >= 4 is 71.2 Å². The lowest BCUT2D eigenvalue weighted by molar-refractivity contribution is -0.145. The van der Waals surface area contributed by atoms with Gasteiger partial charge in [-0.05, 0) is 38.0 Å². The Morgan fingerprint density at radius 3 is 1.12 bits per heavy atom. The molecule has 26 heteroatoms. The van der Waals surface area contributed by atoms with Crippen LogP contribution < -0.4 is 43.4 Å². The summed E-state index contributed by atoms with van der Waals surface area (Å²) in [7, 11) is 0. The molecule has 0 spiro atoms. The fourth-order valence-electron chi connectivity index (χ4n) is 4.99. The normalized spacial score (nSPS) is 14.4. The van der Waals surface area contributed by atoms with Crippen molar-refractivity contribution < 1.29 is 88.2 Å². The summed E-state index contributed by atoms with van der Waals surface area (Å²) < 4.78 is 0. The van der Waals surface area contributed by atoms with E-state index in [1.807, 2.05) is 16.0 Å². The van der Waals surface area contributed by atoms with Crippen LogP contribution in [0.2, 0.25) is 0 Å². The van der Waals surface area contributed by atoms with Crippen LogP contribution in [0.4, 0.5) is 0 Å². The number of carboxylic acids is 5. The van der Waals surface area contributed by atoms with E-state index in [4.69, 9.17) is 21.7 Å². The van der Waals surface area contributed by atoms with Gasteiger partial charge in [-0.1, -0.05) is 13.8 Å². The highest BCUT2D eigenvalue weighted by Crippen LogP contribution is 2.08. The number of amides is 7. The van der Waals surface area contributed by atoms with Crippen LogP contribution in [0.25, 0.3) is 0 Å². The smallest absolute Gasteiger partial charge is 0.326 e. The van der Waals surface area contributed by atoms with Gasteiger partial charge >= 0.3 is 29.8 Å². The molecule has 0 fully saturated rings. The van der Waals surface area contributed by atoms with Crippen molar-refractivity contribution in [3.63, 3.8) is 0 Å². The number of nitrogens with one attached hydrogen (secondary N) is 6. The Labute approximate surface area is 335 Å². The van der Waals surface area contributed by atoms with E-state index in [1.165, 1.54) is 0 Å². The Hall–Kier alpha value is -6.44. The Kier molecular flexibility index (Phi) is 23.6. The number of primary amides is 1. The van der Waals surface area contributed by atoms with Gasteiger partial charge in [0.15, 0.2) is 0 Å². The predicted molar refractivity (Wildman–Crippen MR) is 195 cm³/mol. The van der Waals surface area contributed by atoms with Gasteiger partial charge in [-0.15, -0.1) is 0 Å². The molecule has 7 amide bonds. The summed E-state index contributed by atoms with van der Waals surface area (Å²) >= 11 is 0. The molecule has 0 bridgehead atoms. The maximum absolute atomic E-state index is 13.5. The number of aliphatic hydroxyl groups excluding tert-OH is 1. The van der Waals surface area contributed by atoms with E-state index in [0.29, 0.717) is 0 Å². The molecule has 0 rings (SSSR count). The first kappa shape index (κ1) is 52.6. The number of aliphatic hydroxyl groups is 1. The fraction of sp³-hybridized carbons (Fsp3) is 0.636. The maximum Gasteiger partial charge on any atom is 0.326 e. The molecule has 16 N–H and O–H groups in total. The average molecular weight is 849 g/mol. The summed E-state index contributed by atoms with van der Waals surface area (Å²) in [5.41, 5.74) is 11.0. The number of carboxylic acid groups (broad SMARTS) is 5. The predicted octanol–water partition coefficient (Wildman–Crippen LogP) is -5.32. The molecule has 0 aliphatic rings. The van der Waals surface area contributed by atoms with Crippen LogP contribution >= 0.6 is 0 Å². The zero-order chi connectivity index (χ0) is 45.6. The summed E-state index contributed by atoms with van der Waals surface area (Å²) in [6.07, 6.45) is -6.53. The molecule has 26 nitrogen and oxygen atoms in total. The molecule has 0 heterocycles. The topological polar surface area (TPSA) is 450 Å². The minimum atomic E-state index is -2.12. The molecule has 0 aromatic rings. The van der Waals surface area contributed by atoms with Gasteiger partial charge in [-0.2, -0.15) is 0 Å². The second-order valence-electron chi connectivity index (χ2n) is 13.5. The van der Waals surface area contributed by atoms with Gasteiger partial charge < -0.3 is 74.0 Å². The second kappa shape index (κ2) is 26.5. The zero-order valence-electron chi connectivity index (χ0n) is 32.1. The van der Waals surface area contributed by atoms with Crippen molar-refractivity contribution in [1.82, 2.24) is 31.9 Å². The number of carbonyl (C=O) groups is 12. The molecule has 0 aromatic carbocycles. The van der Waals surface area contributed by atoms with E-state index in [-0.39, 0.29) is 12.3 Å². The van der Waals surface area contributed by atoms with E-state index >= 15 is 0 Å². The molecular weight excluding hydrogens is 796 g/mol. The van der Waals surface area contributed by atoms with Crippen molar-refractivity contribution in [2.75, 3.05) is 6.61 Å². The maximum atomic E-state index is 13.5. The van der Waals surface area contributed by atoms with Crippen molar-refractivity contribution in [3.8, 4) is 0 Å². The molecule has 0 aromatic heterocycles. The van der Waals surface area contributed by atoms with Crippen molar-refractivity contribution in [1.29, 1.82) is 0 Å². The number of rotatable bonds is 30. The van der Waals surface area contributed by atoms with Crippen LogP contribution in [0.15, 0.2) is 0 Å². The van der Waals surface area contributed by atoms with Crippen LogP contribution in [0, 0.1) is 5.92 Å². The first-order chi connectivity index (χ1) is 27.4. The lowest BCUT2D eigenvalue weighted by Gasteiger charge is -2.27. The zero-order valence-corrected chi connectivity index (χ0v) is 32.1. The number of hydrogen-bond acceptors (Lipinski definition) is 14. The third-order valence-corrected chi connectivity index (χ3v) is 8.02. The first-order valence-corrected chi connectivity index (χ1v) is 17.9. The Morgan fingerprint density at radius 2 is 0.780 bits per heavy atom. The molecule has 332 valence electrons.